The maximum Gasteiger partial charge on any atom is 0.268 e. The summed E-state index contributed by atoms with van der Waals surface area (Å²) in [5.41, 5.74) is 2.03. The first-order valence-electron chi connectivity index (χ1n) is 9.49. The molecule has 0 unspecified atom stereocenters. The molecule has 2 aromatic carbocycles. The molecule has 0 fully saturated rings. The van der Waals surface area contributed by atoms with Crippen molar-refractivity contribution in [3.05, 3.63) is 76.5 Å². The standard InChI is InChI=1S/C23H23N3O3S/c1-15(2)21(27)24-16-8-6-9-17(14-16)25-22(28)18-10-4-5-11-19(18)26(3)23(29)20-12-7-13-30-20/h4-15H,1-3H3,(H,24,27)(H,25,28). The van der Waals surface area contributed by atoms with Crippen molar-refractivity contribution in [2.75, 3.05) is 22.6 Å². The number of carbonyl (C=O) groups excluding carboxylic acids is 3. The lowest BCUT2D eigenvalue weighted by molar-refractivity contribution is -0.118. The molecule has 2 N–H and O–H groups in total. The average Bonchev–Trinajstić information content (AvgIpc) is 3.27. The van der Waals surface area contributed by atoms with Gasteiger partial charge in [0.25, 0.3) is 11.8 Å². The van der Waals surface area contributed by atoms with Crippen LogP contribution >= 0.6 is 11.3 Å². The number of nitrogens with zero attached hydrogens (tertiary/aromatic N) is 1. The molecule has 3 amide bonds. The fourth-order valence-electron chi connectivity index (χ4n) is 2.79. The molecule has 0 saturated heterocycles. The maximum absolute atomic E-state index is 13.0. The Hall–Kier alpha value is -3.45. The van der Waals surface area contributed by atoms with Crippen molar-refractivity contribution in [1.82, 2.24) is 0 Å². The van der Waals surface area contributed by atoms with Crippen LogP contribution in [0.15, 0.2) is 66.0 Å². The molecule has 7 heteroatoms. The average molecular weight is 422 g/mol. The number of hydrogen-bond donors (Lipinski definition) is 2. The van der Waals surface area contributed by atoms with Crippen LogP contribution in [0.1, 0.15) is 33.9 Å². The van der Waals surface area contributed by atoms with E-state index < -0.39 is 0 Å². The molecule has 0 aliphatic carbocycles. The van der Waals surface area contributed by atoms with Crippen LogP contribution in [-0.4, -0.2) is 24.8 Å². The summed E-state index contributed by atoms with van der Waals surface area (Å²) in [5.74, 6) is -0.767. The Bertz CT molecular complexity index is 1060. The fraction of sp³-hybridized carbons (Fsp3) is 0.174. The topological polar surface area (TPSA) is 78.5 Å². The Morgan fingerprint density at radius 2 is 1.60 bits per heavy atom. The highest BCUT2D eigenvalue weighted by molar-refractivity contribution is 7.12. The molecule has 3 aromatic rings. The molecule has 0 spiro atoms. The van der Waals surface area contributed by atoms with E-state index in [0.717, 1.165) is 0 Å². The molecule has 1 aromatic heterocycles. The summed E-state index contributed by atoms with van der Waals surface area (Å²) in [6.45, 7) is 3.62. The minimum atomic E-state index is -0.344. The molecule has 0 radical (unpaired) electrons. The van der Waals surface area contributed by atoms with Crippen LogP contribution in [0, 0.1) is 5.92 Å². The van der Waals surface area contributed by atoms with Gasteiger partial charge in [-0.05, 0) is 41.8 Å². The van der Waals surface area contributed by atoms with Gasteiger partial charge in [-0.1, -0.05) is 38.1 Å². The van der Waals surface area contributed by atoms with Gasteiger partial charge in [0.1, 0.15) is 0 Å². The molecule has 0 aliphatic rings. The third-order valence-electron chi connectivity index (χ3n) is 4.46. The van der Waals surface area contributed by atoms with Gasteiger partial charge >= 0.3 is 0 Å². The zero-order chi connectivity index (χ0) is 21.7. The molecule has 0 saturated carbocycles. The molecule has 6 nitrogen and oxygen atoms in total. The number of nitrogens with one attached hydrogen (secondary N) is 2. The van der Waals surface area contributed by atoms with E-state index in [1.807, 2.05) is 25.3 Å². The first-order valence-corrected chi connectivity index (χ1v) is 10.4. The Morgan fingerprint density at radius 3 is 2.27 bits per heavy atom. The fourth-order valence-corrected chi connectivity index (χ4v) is 3.49. The Balaban J connectivity index is 1.80. The van der Waals surface area contributed by atoms with E-state index in [1.54, 1.807) is 61.6 Å². The lowest BCUT2D eigenvalue weighted by atomic mass is 10.1. The monoisotopic (exact) mass is 421 g/mol. The van der Waals surface area contributed by atoms with Crippen molar-refractivity contribution in [2.24, 2.45) is 5.92 Å². The minimum Gasteiger partial charge on any atom is -0.326 e. The molecule has 3 rings (SSSR count). The van der Waals surface area contributed by atoms with E-state index in [1.165, 1.54) is 16.2 Å². The van der Waals surface area contributed by atoms with Gasteiger partial charge in [0.2, 0.25) is 5.91 Å². The summed E-state index contributed by atoms with van der Waals surface area (Å²) < 4.78 is 0. The Morgan fingerprint density at radius 1 is 0.900 bits per heavy atom. The second-order valence-corrected chi connectivity index (χ2v) is 7.99. The van der Waals surface area contributed by atoms with Crippen molar-refractivity contribution in [2.45, 2.75) is 13.8 Å². The summed E-state index contributed by atoms with van der Waals surface area (Å²) in [5, 5.41) is 7.50. The van der Waals surface area contributed by atoms with Crippen LogP contribution in [-0.2, 0) is 4.79 Å². The van der Waals surface area contributed by atoms with Gasteiger partial charge in [-0.3, -0.25) is 14.4 Å². The number of thiophene rings is 1. The highest BCUT2D eigenvalue weighted by Crippen LogP contribution is 2.24. The lowest BCUT2D eigenvalue weighted by Gasteiger charge is -2.20. The first-order chi connectivity index (χ1) is 14.4. The van der Waals surface area contributed by atoms with Crippen molar-refractivity contribution in [1.29, 1.82) is 0 Å². The SMILES string of the molecule is CC(C)C(=O)Nc1cccc(NC(=O)c2ccccc2N(C)C(=O)c2cccs2)c1. The van der Waals surface area contributed by atoms with E-state index in [-0.39, 0.29) is 23.6 Å². The zero-order valence-corrected chi connectivity index (χ0v) is 17.8. The number of hydrogen-bond acceptors (Lipinski definition) is 4. The van der Waals surface area contributed by atoms with E-state index in [9.17, 15) is 14.4 Å². The van der Waals surface area contributed by atoms with E-state index >= 15 is 0 Å². The summed E-state index contributed by atoms with van der Waals surface area (Å²) in [6, 6.07) is 17.5. The molecule has 1 heterocycles. The van der Waals surface area contributed by atoms with Crippen molar-refractivity contribution < 1.29 is 14.4 Å². The lowest BCUT2D eigenvalue weighted by Crippen LogP contribution is -2.28. The number of anilines is 3. The predicted molar refractivity (Wildman–Crippen MR) is 121 cm³/mol. The molecular weight excluding hydrogens is 398 g/mol. The number of amides is 3. The van der Waals surface area contributed by atoms with Crippen LogP contribution in [0.25, 0.3) is 0 Å². The quantitative estimate of drug-likeness (QED) is 0.596. The first kappa shape index (κ1) is 21.3. The molecular formula is C23H23N3O3S. The number of benzene rings is 2. The van der Waals surface area contributed by atoms with Gasteiger partial charge in [0.15, 0.2) is 0 Å². The van der Waals surface area contributed by atoms with Crippen LogP contribution in [0.2, 0.25) is 0 Å². The normalized spacial score (nSPS) is 10.5. The van der Waals surface area contributed by atoms with Crippen LogP contribution in [0.3, 0.4) is 0 Å². The van der Waals surface area contributed by atoms with Gasteiger partial charge in [0.05, 0.1) is 16.1 Å². The largest absolute Gasteiger partial charge is 0.326 e. The second kappa shape index (κ2) is 9.37. The molecule has 0 bridgehead atoms. The summed E-state index contributed by atoms with van der Waals surface area (Å²) in [6.07, 6.45) is 0. The van der Waals surface area contributed by atoms with Crippen LogP contribution < -0.4 is 15.5 Å². The van der Waals surface area contributed by atoms with Gasteiger partial charge in [-0.15, -0.1) is 11.3 Å². The third-order valence-corrected chi connectivity index (χ3v) is 5.32. The number of para-hydroxylation sites is 1. The summed E-state index contributed by atoms with van der Waals surface area (Å²) in [4.78, 5) is 39.6. The molecule has 0 atom stereocenters. The van der Waals surface area contributed by atoms with Crippen LogP contribution in [0.4, 0.5) is 17.1 Å². The number of rotatable bonds is 6. The van der Waals surface area contributed by atoms with E-state index in [2.05, 4.69) is 10.6 Å². The zero-order valence-electron chi connectivity index (χ0n) is 17.0. The van der Waals surface area contributed by atoms with Gasteiger partial charge in [-0.25, -0.2) is 0 Å². The highest BCUT2D eigenvalue weighted by atomic mass is 32.1. The summed E-state index contributed by atoms with van der Waals surface area (Å²) >= 11 is 1.35. The predicted octanol–water partition coefficient (Wildman–Crippen LogP) is 4.87. The van der Waals surface area contributed by atoms with E-state index in [0.29, 0.717) is 27.5 Å². The van der Waals surface area contributed by atoms with Crippen molar-refractivity contribution in [3.8, 4) is 0 Å². The Labute approximate surface area is 179 Å². The van der Waals surface area contributed by atoms with Crippen molar-refractivity contribution >= 4 is 46.1 Å². The van der Waals surface area contributed by atoms with Gasteiger partial charge in [0, 0.05) is 24.3 Å². The molecule has 0 aliphatic heterocycles. The van der Waals surface area contributed by atoms with Crippen molar-refractivity contribution in [3.63, 3.8) is 0 Å². The molecule has 30 heavy (non-hydrogen) atoms. The molecule has 154 valence electrons. The number of carbonyl (C=O) groups is 3. The highest BCUT2D eigenvalue weighted by Gasteiger charge is 2.20. The second-order valence-electron chi connectivity index (χ2n) is 7.04. The van der Waals surface area contributed by atoms with E-state index in [4.69, 9.17) is 0 Å². The minimum absolute atomic E-state index is 0.0995. The smallest absolute Gasteiger partial charge is 0.268 e. The van der Waals surface area contributed by atoms with Gasteiger partial charge < -0.3 is 15.5 Å². The summed E-state index contributed by atoms with van der Waals surface area (Å²) in [7, 11) is 1.65. The van der Waals surface area contributed by atoms with Gasteiger partial charge in [-0.2, -0.15) is 0 Å². The Kier molecular flexibility index (Phi) is 6.64. The third kappa shape index (κ3) is 4.93. The maximum atomic E-state index is 13.0. The van der Waals surface area contributed by atoms with Crippen LogP contribution in [0.5, 0.6) is 0 Å².